The number of hydrogen-bond acceptors (Lipinski definition) is 9. The third-order valence-corrected chi connectivity index (χ3v) is 5.15. The lowest BCUT2D eigenvalue weighted by atomic mass is 10.2. The molecule has 1 aromatic carbocycles. The molecule has 35 heavy (non-hydrogen) atoms. The first-order valence-corrected chi connectivity index (χ1v) is 11.3. The fraction of sp³-hybridized carbons (Fsp3) is 0.0833. The molecule has 3 heterocycles. The zero-order valence-electron chi connectivity index (χ0n) is 18.9. The van der Waals surface area contributed by atoms with E-state index in [-0.39, 0.29) is 0 Å². The molecule has 0 aliphatic carbocycles. The van der Waals surface area contributed by atoms with Gasteiger partial charge in [0.2, 0.25) is 5.95 Å². The van der Waals surface area contributed by atoms with E-state index in [1.165, 1.54) is 0 Å². The van der Waals surface area contributed by atoms with E-state index in [1.807, 2.05) is 38.1 Å². The summed E-state index contributed by atoms with van der Waals surface area (Å²) in [6, 6.07) is 14.3. The average Bonchev–Trinajstić information content (AvgIpc) is 2.86. The third kappa shape index (κ3) is 6.95. The van der Waals surface area contributed by atoms with Crippen molar-refractivity contribution in [1.29, 1.82) is 0 Å². The summed E-state index contributed by atoms with van der Waals surface area (Å²) in [5.74, 6) is 1.19. The number of nitrogens with one attached hydrogen (secondary N) is 3. The van der Waals surface area contributed by atoms with E-state index in [2.05, 4.69) is 46.3 Å². The van der Waals surface area contributed by atoms with Gasteiger partial charge in [0.15, 0.2) is 11.6 Å². The van der Waals surface area contributed by atoms with E-state index in [4.69, 9.17) is 23.2 Å². The molecule has 0 atom stereocenters. The van der Waals surface area contributed by atoms with Crippen molar-refractivity contribution in [3.8, 4) is 0 Å². The average molecular weight is 506 g/mol. The van der Waals surface area contributed by atoms with E-state index in [1.54, 1.807) is 49.1 Å². The Morgan fingerprint density at radius 1 is 0.686 bits per heavy atom. The smallest absolute Gasteiger partial charge is 0.231 e. The number of rotatable bonds is 8. The van der Waals surface area contributed by atoms with Crippen molar-refractivity contribution in [1.82, 2.24) is 19.9 Å². The molecule has 0 amide bonds. The molecule has 3 aromatic heterocycles. The maximum Gasteiger partial charge on any atom is 0.231 e. The first-order chi connectivity index (χ1) is 17.0. The van der Waals surface area contributed by atoms with E-state index in [9.17, 15) is 0 Å². The fourth-order valence-electron chi connectivity index (χ4n) is 2.97. The van der Waals surface area contributed by atoms with Crippen LogP contribution in [0.4, 0.5) is 23.3 Å². The molecule has 0 bridgehead atoms. The van der Waals surface area contributed by atoms with Crippen molar-refractivity contribution >= 4 is 57.9 Å². The lowest BCUT2D eigenvalue weighted by Gasteiger charge is -2.11. The number of anilines is 4. The lowest BCUT2D eigenvalue weighted by Crippen LogP contribution is -2.06. The van der Waals surface area contributed by atoms with Gasteiger partial charge in [-0.15, -0.1) is 0 Å². The third-order valence-electron chi connectivity index (χ3n) is 4.72. The number of nitrogens with zero attached hydrogens (tertiary/aromatic N) is 6. The van der Waals surface area contributed by atoms with Crippen molar-refractivity contribution in [2.45, 2.75) is 13.8 Å². The number of hydrogen-bond donors (Lipinski definition) is 3. The molecule has 0 saturated carbocycles. The highest BCUT2D eigenvalue weighted by atomic mass is 35.5. The van der Waals surface area contributed by atoms with Gasteiger partial charge in [-0.3, -0.25) is 20.8 Å². The van der Waals surface area contributed by atoms with Gasteiger partial charge in [-0.05, 0) is 56.3 Å². The first-order valence-electron chi connectivity index (χ1n) is 10.5. The highest BCUT2D eigenvalue weighted by Gasteiger charge is 2.08. The summed E-state index contributed by atoms with van der Waals surface area (Å²) in [5, 5.41) is 13.0. The van der Waals surface area contributed by atoms with E-state index < -0.39 is 0 Å². The summed E-state index contributed by atoms with van der Waals surface area (Å²) in [5.41, 5.74) is 10.00. The zero-order valence-corrected chi connectivity index (χ0v) is 20.4. The van der Waals surface area contributed by atoms with Crippen molar-refractivity contribution in [3.05, 3.63) is 94.5 Å². The highest BCUT2D eigenvalue weighted by Crippen LogP contribution is 2.25. The molecular weight excluding hydrogens is 485 g/mol. The zero-order chi connectivity index (χ0) is 24.6. The normalized spacial score (nSPS) is 11.8. The van der Waals surface area contributed by atoms with Gasteiger partial charge < -0.3 is 5.32 Å². The van der Waals surface area contributed by atoms with Gasteiger partial charge in [0, 0.05) is 57.7 Å². The SMILES string of the molecule is CC(=NNc1cc(NN=C(C)c2ccncc2)nc(Nc2cc(Cl)cc(Cl)c2)n1)c1ccncc1. The van der Waals surface area contributed by atoms with Crippen LogP contribution >= 0.6 is 23.2 Å². The van der Waals surface area contributed by atoms with Crippen molar-refractivity contribution < 1.29 is 0 Å². The van der Waals surface area contributed by atoms with Gasteiger partial charge >= 0.3 is 0 Å². The number of hydrazone groups is 2. The Balaban J connectivity index is 1.62. The number of benzene rings is 1. The van der Waals surface area contributed by atoms with Crippen LogP contribution < -0.4 is 16.2 Å². The summed E-state index contributed by atoms with van der Waals surface area (Å²) >= 11 is 12.3. The Morgan fingerprint density at radius 2 is 1.14 bits per heavy atom. The molecule has 4 rings (SSSR count). The molecule has 3 N–H and O–H groups in total. The lowest BCUT2D eigenvalue weighted by molar-refractivity contribution is 1.12. The topological polar surface area (TPSA) is 112 Å². The maximum absolute atomic E-state index is 6.13. The van der Waals surface area contributed by atoms with Gasteiger partial charge in [-0.1, -0.05) is 23.2 Å². The Kier molecular flexibility index (Phi) is 7.81. The Bertz CT molecular complexity index is 1260. The summed E-state index contributed by atoms with van der Waals surface area (Å²) in [7, 11) is 0. The Morgan fingerprint density at radius 3 is 1.60 bits per heavy atom. The second-order valence-corrected chi connectivity index (χ2v) is 8.21. The summed E-state index contributed by atoms with van der Waals surface area (Å²) in [4.78, 5) is 17.1. The molecule has 0 fully saturated rings. The van der Waals surface area contributed by atoms with E-state index >= 15 is 0 Å². The van der Waals surface area contributed by atoms with Crippen molar-refractivity contribution in [3.63, 3.8) is 0 Å². The van der Waals surface area contributed by atoms with Gasteiger partial charge in [-0.2, -0.15) is 20.2 Å². The second kappa shape index (κ2) is 11.4. The van der Waals surface area contributed by atoms with E-state index in [0.717, 1.165) is 22.6 Å². The minimum Gasteiger partial charge on any atom is -0.324 e. The molecule has 4 aromatic rings. The molecule has 0 radical (unpaired) electrons. The molecular formula is C24H21Cl2N9. The van der Waals surface area contributed by atoms with Gasteiger partial charge in [-0.25, -0.2) is 0 Å². The summed E-state index contributed by atoms with van der Waals surface area (Å²) in [6.07, 6.45) is 6.84. The van der Waals surface area contributed by atoms with Crippen LogP contribution in [0.15, 0.2) is 83.5 Å². The Labute approximate surface area is 212 Å². The van der Waals surface area contributed by atoms with Crippen LogP contribution in [0.2, 0.25) is 10.0 Å². The Hall–Kier alpha value is -4.08. The van der Waals surface area contributed by atoms with Crippen LogP contribution in [0.5, 0.6) is 0 Å². The van der Waals surface area contributed by atoms with Crippen molar-refractivity contribution in [2.75, 3.05) is 16.2 Å². The molecule has 176 valence electrons. The number of pyridine rings is 2. The predicted octanol–water partition coefficient (Wildman–Crippen LogP) is 5.99. The monoisotopic (exact) mass is 505 g/mol. The standard InChI is InChI=1S/C24H21Cl2N9/c1-15(17-3-7-27-8-4-17)32-34-22-14-23(35-33-16(2)18-5-9-28-10-6-18)31-24(30-22)29-21-12-19(25)11-20(26)13-21/h3-14H,1-2H3,(H3,29,30,31,34,35). The maximum atomic E-state index is 6.13. The molecule has 0 saturated heterocycles. The predicted molar refractivity (Wildman–Crippen MR) is 142 cm³/mol. The van der Waals surface area contributed by atoms with E-state index in [0.29, 0.717) is 33.3 Å². The molecule has 9 nitrogen and oxygen atoms in total. The summed E-state index contributed by atoms with van der Waals surface area (Å²) < 4.78 is 0. The minimum absolute atomic E-state index is 0.296. The van der Waals surface area contributed by atoms with Gasteiger partial charge in [0.05, 0.1) is 11.4 Å². The van der Waals surface area contributed by atoms with Gasteiger partial charge in [0.1, 0.15) is 0 Å². The number of halogens is 2. The molecule has 11 heteroatoms. The fourth-order valence-corrected chi connectivity index (χ4v) is 3.50. The first kappa shape index (κ1) is 24.1. The summed E-state index contributed by atoms with van der Waals surface area (Å²) in [6.45, 7) is 3.77. The highest BCUT2D eigenvalue weighted by molar-refractivity contribution is 6.35. The quantitative estimate of drug-likeness (QED) is 0.199. The van der Waals surface area contributed by atoms with Crippen LogP contribution in [0, 0.1) is 0 Å². The molecule has 0 aliphatic rings. The molecule has 0 spiro atoms. The van der Waals surface area contributed by atoms with Crippen LogP contribution in [0.25, 0.3) is 0 Å². The minimum atomic E-state index is 0.296. The van der Waals surface area contributed by atoms with Crippen LogP contribution in [-0.4, -0.2) is 31.4 Å². The van der Waals surface area contributed by atoms with Crippen LogP contribution in [0.3, 0.4) is 0 Å². The van der Waals surface area contributed by atoms with Crippen LogP contribution in [-0.2, 0) is 0 Å². The number of aromatic nitrogens is 4. The second-order valence-electron chi connectivity index (χ2n) is 7.33. The molecule has 0 unspecified atom stereocenters. The molecule has 0 aliphatic heterocycles. The largest absolute Gasteiger partial charge is 0.324 e. The van der Waals surface area contributed by atoms with Gasteiger partial charge in [0.25, 0.3) is 0 Å². The van der Waals surface area contributed by atoms with Crippen LogP contribution in [0.1, 0.15) is 25.0 Å². The van der Waals surface area contributed by atoms with Crippen molar-refractivity contribution in [2.24, 2.45) is 10.2 Å².